The van der Waals surface area contributed by atoms with Crippen molar-refractivity contribution < 1.29 is 4.39 Å². The summed E-state index contributed by atoms with van der Waals surface area (Å²) in [7, 11) is 0. The van der Waals surface area contributed by atoms with Crippen LogP contribution in [-0.2, 0) is 0 Å². The summed E-state index contributed by atoms with van der Waals surface area (Å²) >= 11 is 5.35. The van der Waals surface area contributed by atoms with E-state index in [9.17, 15) is 4.39 Å². The number of benzene rings is 2. The molecule has 0 saturated heterocycles. The van der Waals surface area contributed by atoms with Crippen LogP contribution in [0.25, 0.3) is 0 Å². The number of nitrogens with one attached hydrogen (secondary N) is 1. The minimum Gasteiger partial charge on any atom is -0.309 e. The highest BCUT2D eigenvalue weighted by Crippen LogP contribution is 2.30. The molecule has 0 aliphatic heterocycles. The van der Waals surface area contributed by atoms with Gasteiger partial charge in [-0.05, 0) is 52.3 Å². The Labute approximate surface area is 132 Å². The molecule has 106 valence electrons. The van der Waals surface area contributed by atoms with Gasteiger partial charge in [-0.2, -0.15) is 0 Å². The first-order valence-electron chi connectivity index (χ1n) is 6.57. The highest BCUT2D eigenvalue weighted by molar-refractivity contribution is 9.10. The molecule has 1 unspecified atom stereocenters. The van der Waals surface area contributed by atoms with Crippen molar-refractivity contribution in [2.24, 2.45) is 0 Å². The van der Waals surface area contributed by atoms with Crippen molar-refractivity contribution >= 4 is 27.7 Å². The Morgan fingerprint density at radius 3 is 2.50 bits per heavy atom. The maximum atomic E-state index is 13.0. The summed E-state index contributed by atoms with van der Waals surface area (Å²) in [4.78, 5) is 1.22. The number of hydrogen-bond acceptors (Lipinski definition) is 2. The van der Waals surface area contributed by atoms with Gasteiger partial charge in [-0.3, -0.25) is 0 Å². The molecule has 0 radical (unpaired) electrons. The Morgan fingerprint density at radius 1 is 1.15 bits per heavy atom. The second-order valence-electron chi connectivity index (χ2n) is 4.40. The summed E-state index contributed by atoms with van der Waals surface area (Å²) < 4.78 is 14.1. The summed E-state index contributed by atoms with van der Waals surface area (Å²) in [5.74, 6) is 0.713. The molecule has 4 heteroatoms. The largest absolute Gasteiger partial charge is 0.309 e. The molecule has 0 aliphatic carbocycles. The minimum atomic E-state index is -0.192. The molecule has 0 aliphatic rings. The number of halogens is 2. The summed E-state index contributed by atoms with van der Waals surface area (Å²) in [6.45, 7) is 2.97. The second kappa shape index (κ2) is 7.81. The van der Waals surface area contributed by atoms with E-state index >= 15 is 0 Å². The first kappa shape index (κ1) is 15.5. The molecule has 2 aromatic rings. The fourth-order valence-corrected chi connectivity index (χ4v) is 3.61. The Kier molecular flexibility index (Phi) is 6.07. The van der Waals surface area contributed by atoms with Gasteiger partial charge in [0.25, 0.3) is 0 Å². The van der Waals surface area contributed by atoms with Gasteiger partial charge < -0.3 is 5.32 Å². The zero-order valence-corrected chi connectivity index (χ0v) is 13.7. The fourth-order valence-electron chi connectivity index (χ4n) is 1.95. The van der Waals surface area contributed by atoms with E-state index in [1.807, 2.05) is 30.3 Å². The third-order valence-corrected chi connectivity index (χ3v) is 5.09. The van der Waals surface area contributed by atoms with E-state index < -0.39 is 0 Å². The van der Waals surface area contributed by atoms with Crippen LogP contribution in [-0.4, -0.2) is 12.3 Å². The van der Waals surface area contributed by atoms with Gasteiger partial charge >= 0.3 is 0 Å². The van der Waals surface area contributed by atoms with Crippen LogP contribution in [0.4, 0.5) is 4.39 Å². The van der Waals surface area contributed by atoms with Crippen molar-refractivity contribution in [3.63, 3.8) is 0 Å². The average molecular weight is 354 g/mol. The summed E-state index contributed by atoms with van der Waals surface area (Å²) in [6.07, 6.45) is 0. The molecule has 0 spiro atoms. The highest BCUT2D eigenvalue weighted by Gasteiger charge is 2.11. The molecule has 0 aromatic heterocycles. The lowest BCUT2D eigenvalue weighted by Gasteiger charge is -2.18. The number of thioether (sulfide) groups is 1. The van der Waals surface area contributed by atoms with E-state index in [4.69, 9.17) is 0 Å². The molecule has 20 heavy (non-hydrogen) atoms. The zero-order valence-electron chi connectivity index (χ0n) is 11.3. The topological polar surface area (TPSA) is 12.0 Å². The van der Waals surface area contributed by atoms with E-state index in [0.29, 0.717) is 0 Å². The number of rotatable bonds is 6. The third-order valence-electron chi connectivity index (χ3n) is 2.97. The molecule has 0 fully saturated rings. The van der Waals surface area contributed by atoms with E-state index in [1.165, 1.54) is 17.0 Å². The number of hydrogen-bond donors (Lipinski definition) is 1. The second-order valence-corrected chi connectivity index (χ2v) is 6.32. The normalized spacial score (nSPS) is 12.3. The van der Waals surface area contributed by atoms with Gasteiger partial charge in [-0.1, -0.05) is 31.2 Å². The molecule has 0 heterocycles. The van der Waals surface area contributed by atoms with Crippen LogP contribution in [0, 0.1) is 5.82 Å². The van der Waals surface area contributed by atoms with Crippen molar-refractivity contribution in [2.45, 2.75) is 17.9 Å². The monoisotopic (exact) mass is 353 g/mol. The highest BCUT2D eigenvalue weighted by atomic mass is 79.9. The van der Waals surface area contributed by atoms with Crippen LogP contribution >= 0.6 is 27.7 Å². The summed E-state index contributed by atoms with van der Waals surface area (Å²) in [5.41, 5.74) is 1.12. The predicted molar refractivity (Wildman–Crippen MR) is 87.7 cm³/mol. The van der Waals surface area contributed by atoms with Crippen LogP contribution in [0.15, 0.2) is 57.9 Å². The molecule has 2 aromatic carbocycles. The smallest absolute Gasteiger partial charge is 0.123 e. The Morgan fingerprint density at radius 2 is 1.85 bits per heavy atom. The maximum absolute atomic E-state index is 13.0. The molecule has 1 N–H and O–H groups in total. The average Bonchev–Trinajstić information content (AvgIpc) is 2.46. The van der Waals surface area contributed by atoms with Crippen LogP contribution in [0.1, 0.15) is 18.5 Å². The van der Waals surface area contributed by atoms with Gasteiger partial charge in [0, 0.05) is 21.2 Å². The van der Waals surface area contributed by atoms with Crippen LogP contribution in [0.5, 0.6) is 0 Å². The Balaban J connectivity index is 2.06. The minimum absolute atomic E-state index is 0.192. The fraction of sp³-hybridized carbons (Fsp3) is 0.250. The van der Waals surface area contributed by atoms with Crippen molar-refractivity contribution in [3.05, 3.63) is 64.4 Å². The molecule has 2 rings (SSSR count). The standard InChI is InChI=1S/C16H17BrFNS/c1-2-19-15(12-7-9-13(18)10-8-12)11-20-16-6-4-3-5-14(16)17/h3-10,15,19H,2,11H2,1H3. The molecule has 0 saturated carbocycles. The van der Waals surface area contributed by atoms with E-state index in [0.717, 1.165) is 22.3 Å². The van der Waals surface area contributed by atoms with Crippen molar-refractivity contribution in [1.29, 1.82) is 0 Å². The van der Waals surface area contributed by atoms with Gasteiger partial charge in [-0.15, -0.1) is 11.8 Å². The molecule has 0 amide bonds. The zero-order chi connectivity index (χ0) is 14.4. The maximum Gasteiger partial charge on any atom is 0.123 e. The molecular formula is C16H17BrFNS. The summed E-state index contributed by atoms with van der Waals surface area (Å²) in [6, 6.07) is 15.1. The van der Waals surface area contributed by atoms with E-state index in [1.54, 1.807) is 11.8 Å². The Bertz CT molecular complexity index is 544. The van der Waals surface area contributed by atoms with Gasteiger partial charge in [0.05, 0.1) is 0 Å². The Hall–Kier alpha value is -0.840. The molecular weight excluding hydrogens is 337 g/mol. The van der Waals surface area contributed by atoms with Gasteiger partial charge in [0.1, 0.15) is 5.82 Å². The molecule has 0 bridgehead atoms. The first-order valence-corrected chi connectivity index (χ1v) is 8.34. The van der Waals surface area contributed by atoms with E-state index in [2.05, 4.69) is 34.2 Å². The van der Waals surface area contributed by atoms with Gasteiger partial charge in [-0.25, -0.2) is 4.39 Å². The van der Waals surface area contributed by atoms with Crippen molar-refractivity contribution in [1.82, 2.24) is 5.32 Å². The SMILES string of the molecule is CCNC(CSc1ccccc1Br)c1ccc(F)cc1. The van der Waals surface area contributed by atoms with Gasteiger partial charge in [0.2, 0.25) is 0 Å². The van der Waals surface area contributed by atoms with Crippen molar-refractivity contribution in [2.75, 3.05) is 12.3 Å². The van der Waals surface area contributed by atoms with Crippen molar-refractivity contribution in [3.8, 4) is 0 Å². The lowest BCUT2D eigenvalue weighted by atomic mass is 10.1. The predicted octanol–water partition coefficient (Wildman–Crippen LogP) is 5.03. The lowest BCUT2D eigenvalue weighted by Crippen LogP contribution is -2.22. The van der Waals surface area contributed by atoms with Crippen LogP contribution in [0.2, 0.25) is 0 Å². The molecule has 1 atom stereocenters. The van der Waals surface area contributed by atoms with Crippen LogP contribution in [0.3, 0.4) is 0 Å². The van der Waals surface area contributed by atoms with Crippen LogP contribution < -0.4 is 5.32 Å². The third kappa shape index (κ3) is 4.33. The first-order chi connectivity index (χ1) is 9.70. The lowest BCUT2D eigenvalue weighted by molar-refractivity contribution is 0.598. The molecule has 1 nitrogen and oxygen atoms in total. The van der Waals surface area contributed by atoms with Gasteiger partial charge in [0.15, 0.2) is 0 Å². The summed E-state index contributed by atoms with van der Waals surface area (Å²) in [5, 5.41) is 3.45. The van der Waals surface area contributed by atoms with E-state index in [-0.39, 0.29) is 11.9 Å². The quantitative estimate of drug-likeness (QED) is 0.730.